The van der Waals surface area contributed by atoms with Gasteiger partial charge in [-0.15, -0.1) is 0 Å². The zero-order chi connectivity index (χ0) is 12.0. The number of rotatable bonds is 6. The van der Waals surface area contributed by atoms with Gasteiger partial charge in [0.2, 0.25) is 5.88 Å². The summed E-state index contributed by atoms with van der Waals surface area (Å²) in [6, 6.07) is 2.22. The fourth-order valence-corrected chi connectivity index (χ4v) is 1.61. The van der Waals surface area contributed by atoms with E-state index in [9.17, 15) is 0 Å². The van der Waals surface area contributed by atoms with Crippen LogP contribution >= 0.6 is 0 Å². The molecule has 0 saturated carbocycles. The predicted octanol–water partition coefficient (Wildman–Crippen LogP) is 2.72. The summed E-state index contributed by atoms with van der Waals surface area (Å²) in [5.74, 6) is 2.14. The van der Waals surface area contributed by atoms with Crippen molar-refractivity contribution < 1.29 is 4.74 Å². The van der Waals surface area contributed by atoms with Crippen LogP contribution in [0.4, 0.5) is 5.82 Å². The third-order valence-corrected chi connectivity index (χ3v) is 2.70. The quantitative estimate of drug-likeness (QED) is 0.805. The van der Waals surface area contributed by atoms with Crippen molar-refractivity contribution in [2.24, 2.45) is 5.92 Å². The van der Waals surface area contributed by atoms with Crippen molar-refractivity contribution in [2.75, 3.05) is 12.4 Å². The van der Waals surface area contributed by atoms with Crippen LogP contribution < -0.4 is 10.1 Å². The molecule has 1 aromatic heterocycles. The predicted molar refractivity (Wildman–Crippen MR) is 65.7 cm³/mol. The maximum atomic E-state index is 5.05. The molecule has 0 radical (unpaired) electrons. The molecule has 90 valence electrons. The van der Waals surface area contributed by atoms with Crippen LogP contribution in [0.5, 0.6) is 5.88 Å². The molecule has 1 heterocycles. The maximum Gasteiger partial charge on any atom is 0.218 e. The molecule has 2 atom stereocenters. The van der Waals surface area contributed by atoms with E-state index < -0.39 is 0 Å². The molecule has 1 rings (SSSR count). The Morgan fingerprint density at radius 3 is 2.75 bits per heavy atom. The summed E-state index contributed by atoms with van der Waals surface area (Å²) in [5, 5.41) is 3.35. The van der Waals surface area contributed by atoms with Crippen LogP contribution in [0.2, 0.25) is 0 Å². The van der Waals surface area contributed by atoms with E-state index in [0.29, 0.717) is 11.9 Å². The molecule has 0 aromatic carbocycles. The molecule has 0 spiro atoms. The largest absolute Gasteiger partial charge is 0.481 e. The van der Waals surface area contributed by atoms with E-state index in [1.165, 1.54) is 12.7 Å². The zero-order valence-electron chi connectivity index (χ0n) is 10.5. The molecule has 2 unspecified atom stereocenters. The Morgan fingerprint density at radius 2 is 2.12 bits per heavy atom. The van der Waals surface area contributed by atoms with Gasteiger partial charge in [0, 0.05) is 12.1 Å². The van der Waals surface area contributed by atoms with Gasteiger partial charge in [0.05, 0.1) is 7.11 Å². The first-order valence-electron chi connectivity index (χ1n) is 5.78. The third kappa shape index (κ3) is 4.04. The van der Waals surface area contributed by atoms with Crippen molar-refractivity contribution in [1.29, 1.82) is 0 Å². The fourth-order valence-electron chi connectivity index (χ4n) is 1.61. The van der Waals surface area contributed by atoms with Crippen LogP contribution in [-0.2, 0) is 0 Å². The number of ether oxygens (including phenoxy) is 1. The van der Waals surface area contributed by atoms with Crippen LogP contribution in [0.1, 0.15) is 33.6 Å². The summed E-state index contributed by atoms with van der Waals surface area (Å²) in [4.78, 5) is 8.13. The second-order valence-electron chi connectivity index (χ2n) is 4.24. The van der Waals surface area contributed by atoms with E-state index in [1.807, 2.05) is 6.07 Å². The van der Waals surface area contributed by atoms with Gasteiger partial charge in [-0.1, -0.05) is 20.3 Å². The molecule has 16 heavy (non-hydrogen) atoms. The van der Waals surface area contributed by atoms with Crippen LogP contribution in [0.25, 0.3) is 0 Å². The molecular weight excluding hydrogens is 202 g/mol. The van der Waals surface area contributed by atoms with Gasteiger partial charge in [0.25, 0.3) is 0 Å². The Morgan fingerprint density at radius 1 is 1.38 bits per heavy atom. The Balaban J connectivity index is 2.51. The Bertz CT molecular complexity index is 317. The van der Waals surface area contributed by atoms with Crippen molar-refractivity contribution in [3.63, 3.8) is 0 Å². The monoisotopic (exact) mass is 223 g/mol. The van der Waals surface area contributed by atoms with Crippen molar-refractivity contribution >= 4 is 5.82 Å². The summed E-state index contributed by atoms with van der Waals surface area (Å²) in [6.07, 6.45) is 3.86. The molecule has 4 nitrogen and oxygen atoms in total. The summed E-state index contributed by atoms with van der Waals surface area (Å²) < 4.78 is 5.05. The Kier molecular flexibility index (Phi) is 5.02. The van der Waals surface area contributed by atoms with Crippen molar-refractivity contribution in [3.05, 3.63) is 12.4 Å². The highest BCUT2D eigenvalue weighted by molar-refractivity contribution is 5.37. The van der Waals surface area contributed by atoms with Gasteiger partial charge in [-0.3, -0.25) is 0 Å². The lowest BCUT2D eigenvalue weighted by Gasteiger charge is -2.17. The number of nitrogens with zero attached hydrogens (tertiary/aromatic N) is 2. The van der Waals surface area contributed by atoms with E-state index in [0.717, 1.165) is 18.2 Å². The third-order valence-electron chi connectivity index (χ3n) is 2.70. The second kappa shape index (κ2) is 6.30. The van der Waals surface area contributed by atoms with Crippen molar-refractivity contribution in [2.45, 2.75) is 39.7 Å². The smallest absolute Gasteiger partial charge is 0.218 e. The Labute approximate surface area is 97.5 Å². The molecule has 4 heteroatoms. The lowest BCUT2D eigenvalue weighted by atomic mass is 10.0. The van der Waals surface area contributed by atoms with Crippen LogP contribution in [0, 0.1) is 5.92 Å². The normalized spacial score (nSPS) is 14.2. The SMILES string of the molecule is CCC(C)CC(C)Nc1cc(OC)ncn1. The standard InChI is InChI=1S/C12H21N3O/c1-5-9(2)6-10(3)15-11-7-12(16-4)14-8-13-11/h7-10H,5-6H2,1-4H3,(H,13,14,15). The number of hydrogen-bond donors (Lipinski definition) is 1. The first kappa shape index (κ1) is 12.7. The highest BCUT2D eigenvalue weighted by Gasteiger charge is 2.08. The summed E-state index contributed by atoms with van der Waals surface area (Å²) in [5.41, 5.74) is 0. The highest BCUT2D eigenvalue weighted by Crippen LogP contribution is 2.15. The van der Waals surface area contributed by atoms with Crippen LogP contribution in [0.15, 0.2) is 12.4 Å². The number of aromatic nitrogens is 2. The molecule has 0 aliphatic carbocycles. The average Bonchev–Trinajstić information content (AvgIpc) is 2.28. The molecule has 0 aliphatic rings. The Hall–Kier alpha value is -1.32. The summed E-state index contributed by atoms with van der Waals surface area (Å²) >= 11 is 0. The van der Waals surface area contributed by atoms with Gasteiger partial charge in [-0.05, 0) is 19.3 Å². The van der Waals surface area contributed by atoms with Gasteiger partial charge in [0.15, 0.2) is 0 Å². The van der Waals surface area contributed by atoms with Gasteiger partial charge >= 0.3 is 0 Å². The van der Waals surface area contributed by atoms with Gasteiger partial charge in [0.1, 0.15) is 12.1 Å². The number of hydrogen-bond acceptors (Lipinski definition) is 4. The first-order valence-corrected chi connectivity index (χ1v) is 5.78. The van der Waals surface area contributed by atoms with Crippen LogP contribution in [-0.4, -0.2) is 23.1 Å². The fraction of sp³-hybridized carbons (Fsp3) is 0.667. The summed E-state index contributed by atoms with van der Waals surface area (Å²) in [6.45, 7) is 6.64. The number of nitrogens with one attached hydrogen (secondary N) is 1. The number of anilines is 1. The summed E-state index contributed by atoms with van der Waals surface area (Å²) in [7, 11) is 1.61. The molecule has 0 aliphatic heterocycles. The molecular formula is C12H21N3O. The minimum absolute atomic E-state index is 0.412. The zero-order valence-corrected chi connectivity index (χ0v) is 10.5. The molecule has 0 fully saturated rings. The van der Waals surface area contributed by atoms with Crippen molar-refractivity contribution in [1.82, 2.24) is 9.97 Å². The van der Waals surface area contributed by atoms with Crippen LogP contribution in [0.3, 0.4) is 0 Å². The highest BCUT2D eigenvalue weighted by atomic mass is 16.5. The molecule has 1 N–H and O–H groups in total. The molecule has 0 saturated heterocycles. The average molecular weight is 223 g/mol. The molecule has 0 bridgehead atoms. The van der Waals surface area contributed by atoms with E-state index in [-0.39, 0.29) is 0 Å². The van der Waals surface area contributed by atoms with Gasteiger partial charge < -0.3 is 10.1 Å². The lowest BCUT2D eigenvalue weighted by Crippen LogP contribution is -2.19. The van der Waals surface area contributed by atoms with E-state index in [1.54, 1.807) is 7.11 Å². The van der Waals surface area contributed by atoms with Gasteiger partial charge in [-0.2, -0.15) is 0 Å². The van der Waals surface area contributed by atoms with Crippen molar-refractivity contribution in [3.8, 4) is 5.88 Å². The van der Waals surface area contributed by atoms with Gasteiger partial charge in [-0.25, -0.2) is 9.97 Å². The second-order valence-corrected chi connectivity index (χ2v) is 4.24. The van der Waals surface area contributed by atoms with E-state index in [2.05, 4.69) is 36.1 Å². The first-order chi connectivity index (χ1) is 7.65. The molecule has 1 aromatic rings. The molecule has 0 amide bonds. The number of methoxy groups -OCH3 is 1. The van der Waals surface area contributed by atoms with E-state index >= 15 is 0 Å². The topological polar surface area (TPSA) is 47.0 Å². The maximum absolute atomic E-state index is 5.05. The minimum Gasteiger partial charge on any atom is -0.481 e. The minimum atomic E-state index is 0.412. The lowest BCUT2D eigenvalue weighted by molar-refractivity contribution is 0.397. The van der Waals surface area contributed by atoms with E-state index in [4.69, 9.17) is 4.74 Å².